The summed E-state index contributed by atoms with van der Waals surface area (Å²) in [6.07, 6.45) is 1.47. The number of carbonyl (C=O) groups is 1. The number of carbonyl (C=O) groups excluding carboxylic acids is 1. The summed E-state index contributed by atoms with van der Waals surface area (Å²) in [5.74, 6) is -0.237. The highest BCUT2D eigenvalue weighted by Crippen LogP contribution is 2.14. The van der Waals surface area contributed by atoms with Crippen LogP contribution in [0.5, 0.6) is 0 Å². The molecule has 0 spiro atoms. The molecule has 1 aliphatic rings. The van der Waals surface area contributed by atoms with E-state index in [1.807, 2.05) is 0 Å². The van der Waals surface area contributed by atoms with Crippen LogP contribution >= 0.6 is 11.6 Å². The zero-order valence-electron chi connectivity index (χ0n) is 11.9. The van der Waals surface area contributed by atoms with Gasteiger partial charge in [-0.1, -0.05) is 11.6 Å². The van der Waals surface area contributed by atoms with Crippen LogP contribution < -0.4 is 0 Å². The second-order valence-corrected chi connectivity index (χ2v) is 7.42. The van der Waals surface area contributed by atoms with Crippen LogP contribution in [-0.2, 0) is 10.2 Å². The lowest BCUT2D eigenvalue weighted by Crippen LogP contribution is -2.53. The van der Waals surface area contributed by atoms with E-state index in [0.29, 0.717) is 18.1 Å². The topological polar surface area (TPSA) is 73.8 Å². The molecule has 0 saturated carbocycles. The van der Waals surface area contributed by atoms with E-state index in [1.165, 1.54) is 35.0 Å². The number of rotatable bonds is 3. The summed E-state index contributed by atoms with van der Waals surface area (Å²) in [7, 11) is -0.451. The van der Waals surface area contributed by atoms with Gasteiger partial charge < -0.3 is 4.90 Å². The van der Waals surface area contributed by atoms with E-state index in [9.17, 15) is 13.2 Å². The lowest BCUT2D eigenvalue weighted by atomic mass is 10.3. The quantitative estimate of drug-likeness (QED) is 0.798. The summed E-state index contributed by atoms with van der Waals surface area (Å²) in [6, 6.07) is 3.10. The SMILES string of the molecule is CN(C)S(=O)(=O)N1CCN(C(=O)c2cc(Cl)ccn2)CC1. The van der Waals surface area contributed by atoms with Gasteiger partial charge in [0.2, 0.25) is 0 Å². The molecule has 2 heterocycles. The molecule has 1 fully saturated rings. The number of halogens is 1. The Hall–Kier alpha value is -1.22. The van der Waals surface area contributed by atoms with Gasteiger partial charge >= 0.3 is 0 Å². The molecule has 0 radical (unpaired) electrons. The highest BCUT2D eigenvalue weighted by Gasteiger charge is 2.30. The fraction of sp³-hybridized carbons (Fsp3) is 0.500. The van der Waals surface area contributed by atoms with E-state index in [-0.39, 0.29) is 24.7 Å². The minimum absolute atomic E-state index is 0.237. The Morgan fingerprint density at radius 1 is 1.29 bits per heavy atom. The first kappa shape index (κ1) is 16.2. The van der Waals surface area contributed by atoms with Gasteiger partial charge in [0.25, 0.3) is 16.1 Å². The van der Waals surface area contributed by atoms with Crippen LogP contribution in [0.25, 0.3) is 0 Å². The van der Waals surface area contributed by atoms with Gasteiger partial charge in [-0.3, -0.25) is 9.78 Å². The normalized spacial score (nSPS) is 17.2. The Bertz CT molecular complexity index is 627. The predicted octanol–water partition coefficient (Wildman–Crippen LogP) is 0.299. The molecule has 116 valence electrons. The maximum atomic E-state index is 12.3. The first-order valence-electron chi connectivity index (χ1n) is 6.41. The standard InChI is InChI=1S/C12H17ClN4O3S/c1-15(2)21(19,20)17-7-5-16(6-8-17)12(18)11-9-10(13)3-4-14-11/h3-4,9H,5-8H2,1-2H3. The second kappa shape index (κ2) is 6.27. The highest BCUT2D eigenvalue weighted by atomic mass is 35.5. The lowest BCUT2D eigenvalue weighted by molar-refractivity contribution is 0.0689. The van der Waals surface area contributed by atoms with Crippen molar-refractivity contribution >= 4 is 27.7 Å². The van der Waals surface area contributed by atoms with Gasteiger partial charge in [-0.15, -0.1) is 0 Å². The van der Waals surface area contributed by atoms with Crippen LogP contribution in [0.4, 0.5) is 0 Å². The molecular weight excluding hydrogens is 316 g/mol. The molecule has 1 aromatic heterocycles. The lowest BCUT2D eigenvalue weighted by Gasteiger charge is -2.34. The molecule has 0 bridgehead atoms. The molecule has 1 aromatic rings. The Labute approximate surface area is 129 Å². The number of amides is 1. The third-order valence-corrected chi connectivity index (χ3v) is 5.43. The maximum Gasteiger partial charge on any atom is 0.281 e. The molecule has 1 amide bonds. The molecule has 0 unspecified atom stereocenters. The second-order valence-electron chi connectivity index (χ2n) is 4.84. The summed E-state index contributed by atoms with van der Waals surface area (Å²) < 4.78 is 26.5. The molecule has 0 atom stereocenters. The van der Waals surface area contributed by atoms with Gasteiger partial charge in [0.05, 0.1) is 0 Å². The number of nitrogens with zero attached hydrogens (tertiary/aromatic N) is 4. The maximum absolute atomic E-state index is 12.3. The predicted molar refractivity (Wildman–Crippen MR) is 79.3 cm³/mol. The summed E-state index contributed by atoms with van der Waals surface area (Å²) >= 11 is 5.84. The van der Waals surface area contributed by atoms with Crippen molar-refractivity contribution in [2.45, 2.75) is 0 Å². The Balaban J connectivity index is 2.03. The molecule has 0 aromatic carbocycles. The third kappa shape index (κ3) is 3.52. The van der Waals surface area contributed by atoms with Crippen LogP contribution in [0.3, 0.4) is 0 Å². The molecule has 21 heavy (non-hydrogen) atoms. The molecule has 9 heteroatoms. The Morgan fingerprint density at radius 2 is 1.90 bits per heavy atom. The Kier molecular flexibility index (Phi) is 4.82. The average Bonchev–Trinajstić information content (AvgIpc) is 2.46. The van der Waals surface area contributed by atoms with Crippen molar-refractivity contribution in [2.75, 3.05) is 40.3 Å². The van der Waals surface area contributed by atoms with E-state index >= 15 is 0 Å². The van der Waals surface area contributed by atoms with Gasteiger partial charge in [-0.2, -0.15) is 17.0 Å². The van der Waals surface area contributed by atoms with E-state index in [1.54, 1.807) is 11.0 Å². The van der Waals surface area contributed by atoms with Gasteiger partial charge in [-0.05, 0) is 12.1 Å². The van der Waals surface area contributed by atoms with Gasteiger partial charge in [0.1, 0.15) is 5.69 Å². The number of aromatic nitrogens is 1. The van der Waals surface area contributed by atoms with Crippen molar-refractivity contribution in [3.63, 3.8) is 0 Å². The smallest absolute Gasteiger partial charge is 0.281 e. The minimum atomic E-state index is -3.43. The fourth-order valence-corrected chi connectivity index (χ4v) is 3.28. The summed E-state index contributed by atoms with van der Waals surface area (Å²) in [5.41, 5.74) is 0.270. The van der Waals surface area contributed by atoms with Crippen LogP contribution in [0.2, 0.25) is 5.02 Å². The fourth-order valence-electron chi connectivity index (χ4n) is 2.04. The summed E-state index contributed by atoms with van der Waals surface area (Å²) in [5, 5.41) is 0.446. The van der Waals surface area contributed by atoms with Gasteiger partial charge in [0, 0.05) is 51.5 Å². The minimum Gasteiger partial charge on any atom is -0.335 e. The highest BCUT2D eigenvalue weighted by molar-refractivity contribution is 7.86. The van der Waals surface area contributed by atoms with Gasteiger partial charge in [-0.25, -0.2) is 0 Å². The molecule has 0 N–H and O–H groups in total. The average molecular weight is 333 g/mol. The van der Waals surface area contributed by atoms with Crippen molar-refractivity contribution in [3.8, 4) is 0 Å². The number of hydrogen-bond donors (Lipinski definition) is 0. The van der Waals surface area contributed by atoms with E-state index in [2.05, 4.69) is 4.98 Å². The number of piperazine rings is 1. The Morgan fingerprint density at radius 3 is 2.43 bits per heavy atom. The van der Waals surface area contributed by atoms with Crippen LogP contribution in [-0.4, -0.2) is 73.1 Å². The molecule has 7 nitrogen and oxygen atoms in total. The largest absolute Gasteiger partial charge is 0.335 e. The first-order valence-corrected chi connectivity index (χ1v) is 8.18. The molecule has 1 saturated heterocycles. The summed E-state index contributed by atoms with van der Waals surface area (Å²) in [4.78, 5) is 17.8. The van der Waals surface area contributed by atoms with Crippen molar-refractivity contribution < 1.29 is 13.2 Å². The number of hydrogen-bond acceptors (Lipinski definition) is 4. The first-order chi connectivity index (χ1) is 9.82. The van der Waals surface area contributed by atoms with Crippen LogP contribution in [0, 0.1) is 0 Å². The molecule has 2 rings (SSSR count). The number of pyridine rings is 1. The molecular formula is C12H17ClN4O3S. The van der Waals surface area contributed by atoms with E-state index in [0.717, 1.165) is 0 Å². The molecule has 1 aliphatic heterocycles. The summed E-state index contributed by atoms with van der Waals surface area (Å²) in [6.45, 7) is 1.21. The van der Waals surface area contributed by atoms with E-state index < -0.39 is 10.2 Å². The van der Waals surface area contributed by atoms with Crippen LogP contribution in [0.15, 0.2) is 18.3 Å². The van der Waals surface area contributed by atoms with Crippen molar-refractivity contribution in [1.82, 2.24) is 18.5 Å². The van der Waals surface area contributed by atoms with Crippen molar-refractivity contribution in [3.05, 3.63) is 29.0 Å². The van der Waals surface area contributed by atoms with Crippen molar-refractivity contribution in [2.24, 2.45) is 0 Å². The molecule has 0 aliphatic carbocycles. The van der Waals surface area contributed by atoms with Gasteiger partial charge in [0.15, 0.2) is 0 Å². The van der Waals surface area contributed by atoms with Crippen molar-refractivity contribution in [1.29, 1.82) is 0 Å². The zero-order valence-corrected chi connectivity index (χ0v) is 13.4. The zero-order chi connectivity index (χ0) is 15.6. The third-order valence-electron chi connectivity index (χ3n) is 3.25. The van der Waals surface area contributed by atoms with Crippen LogP contribution in [0.1, 0.15) is 10.5 Å². The monoisotopic (exact) mass is 332 g/mol. The van der Waals surface area contributed by atoms with E-state index in [4.69, 9.17) is 11.6 Å².